The summed E-state index contributed by atoms with van der Waals surface area (Å²) < 4.78 is 5.37. The van der Waals surface area contributed by atoms with Gasteiger partial charge in [0.15, 0.2) is 6.61 Å². The van der Waals surface area contributed by atoms with Gasteiger partial charge in [-0.2, -0.15) is 0 Å². The van der Waals surface area contributed by atoms with E-state index in [1.165, 1.54) is 19.3 Å². The first kappa shape index (κ1) is 15.0. The molecular formula is C20H27NO3. The maximum absolute atomic E-state index is 12.4. The molecule has 0 radical (unpaired) electrons. The summed E-state index contributed by atoms with van der Waals surface area (Å²) in [5, 5.41) is 3.27. The fourth-order valence-corrected chi connectivity index (χ4v) is 6.89. The lowest BCUT2D eigenvalue weighted by Crippen LogP contribution is -2.60. The van der Waals surface area contributed by atoms with E-state index in [1.54, 1.807) is 0 Å². The zero-order valence-electron chi connectivity index (χ0n) is 14.2. The molecule has 0 heterocycles. The third-order valence-corrected chi connectivity index (χ3v) is 7.37. The molecule has 6 bridgehead atoms. The summed E-state index contributed by atoms with van der Waals surface area (Å²) in [7, 11) is 0. The molecule has 3 unspecified atom stereocenters. The SMILES string of the molecule is O=C(COC(=O)C1CC2C=CC1C2)NC12CC3CC(CC(C3)C1)C2. The summed E-state index contributed by atoms with van der Waals surface area (Å²) in [6, 6.07) is 0. The molecule has 0 saturated heterocycles. The molecular weight excluding hydrogens is 302 g/mol. The van der Waals surface area contributed by atoms with Crippen LogP contribution in [-0.2, 0) is 14.3 Å². The Morgan fingerprint density at radius 1 is 0.958 bits per heavy atom. The van der Waals surface area contributed by atoms with Crippen LogP contribution in [0.15, 0.2) is 12.2 Å². The molecule has 3 atom stereocenters. The van der Waals surface area contributed by atoms with E-state index < -0.39 is 0 Å². The van der Waals surface area contributed by atoms with Crippen molar-refractivity contribution in [3.63, 3.8) is 0 Å². The zero-order valence-corrected chi connectivity index (χ0v) is 14.2. The summed E-state index contributed by atoms with van der Waals surface area (Å²) in [4.78, 5) is 24.7. The Morgan fingerprint density at radius 2 is 1.62 bits per heavy atom. The van der Waals surface area contributed by atoms with Gasteiger partial charge in [0.25, 0.3) is 5.91 Å². The summed E-state index contributed by atoms with van der Waals surface area (Å²) in [6.07, 6.45) is 13.8. The van der Waals surface area contributed by atoms with Crippen LogP contribution in [-0.4, -0.2) is 24.0 Å². The van der Waals surface area contributed by atoms with Gasteiger partial charge < -0.3 is 10.1 Å². The monoisotopic (exact) mass is 329 g/mol. The molecule has 6 aliphatic carbocycles. The Morgan fingerprint density at radius 3 is 2.17 bits per heavy atom. The van der Waals surface area contributed by atoms with Gasteiger partial charge in [-0.05, 0) is 81.0 Å². The smallest absolute Gasteiger partial charge is 0.310 e. The van der Waals surface area contributed by atoms with E-state index in [-0.39, 0.29) is 29.9 Å². The second kappa shape index (κ2) is 5.34. The molecule has 1 N–H and O–H groups in total. The van der Waals surface area contributed by atoms with Crippen molar-refractivity contribution in [1.82, 2.24) is 5.32 Å². The molecule has 4 heteroatoms. The van der Waals surface area contributed by atoms with E-state index in [0.29, 0.717) is 11.8 Å². The van der Waals surface area contributed by atoms with Crippen LogP contribution in [0.25, 0.3) is 0 Å². The number of amides is 1. The van der Waals surface area contributed by atoms with Crippen LogP contribution >= 0.6 is 0 Å². The van der Waals surface area contributed by atoms with Crippen LogP contribution in [0, 0.1) is 35.5 Å². The molecule has 6 rings (SSSR count). The third kappa shape index (κ3) is 2.49. The van der Waals surface area contributed by atoms with Crippen molar-refractivity contribution in [1.29, 1.82) is 0 Å². The third-order valence-electron chi connectivity index (χ3n) is 7.37. The van der Waals surface area contributed by atoms with Gasteiger partial charge in [0.2, 0.25) is 0 Å². The number of carbonyl (C=O) groups is 2. The van der Waals surface area contributed by atoms with E-state index in [2.05, 4.69) is 17.5 Å². The number of rotatable bonds is 4. The molecule has 24 heavy (non-hydrogen) atoms. The Hall–Kier alpha value is -1.32. The zero-order chi connectivity index (χ0) is 16.3. The average Bonchev–Trinajstić information content (AvgIpc) is 3.13. The van der Waals surface area contributed by atoms with Gasteiger partial charge >= 0.3 is 5.97 Å². The number of hydrogen-bond donors (Lipinski definition) is 1. The van der Waals surface area contributed by atoms with Crippen LogP contribution in [0.5, 0.6) is 0 Å². The molecule has 6 aliphatic rings. The molecule has 0 aromatic carbocycles. The number of fused-ring (bicyclic) bond motifs is 2. The van der Waals surface area contributed by atoms with Crippen molar-refractivity contribution < 1.29 is 14.3 Å². The van der Waals surface area contributed by atoms with Crippen LogP contribution in [0.3, 0.4) is 0 Å². The second-order valence-electron chi connectivity index (χ2n) is 9.24. The lowest BCUT2D eigenvalue weighted by atomic mass is 9.53. The van der Waals surface area contributed by atoms with Gasteiger partial charge in [0.05, 0.1) is 5.92 Å². The van der Waals surface area contributed by atoms with Crippen molar-refractivity contribution in [2.75, 3.05) is 6.61 Å². The van der Waals surface area contributed by atoms with Gasteiger partial charge in [0.1, 0.15) is 0 Å². The number of ether oxygens (including phenoxy) is 1. The van der Waals surface area contributed by atoms with Crippen LogP contribution in [0.4, 0.5) is 0 Å². The normalized spacial score (nSPS) is 47.2. The van der Waals surface area contributed by atoms with E-state index in [1.807, 2.05) is 0 Å². The highest BCUT2D eigenvalue weighted by molar-refractivity contribution is 5.82. The summed E-state index contributed by atoms with van der Waals surface area (Å²) >= 11 is 0. The Labute approximate surface area is 143 Å². The topological polar surface area (TPSA) is 55.4 Å². The van der Waals surface area contributed by atoms with E-state index >= 15 is 0 Å². The van der Waals surface area contributed by atoms with E-state index in [4.69, 9.17) is 4.74 Å². The maximum Gasteiger partial charge on any atom is 0.310 e. The van der Waals surface area contributed by atoms with Gasteiger partial charge in [-0.25, -0.2) is 0 Å². The standard InChI is InChI=1S/C20H27NO3/c22-18(11-24-19(23)17-7-12-1-2-16(17)6-12)21-20-8-13-3-14(9-20)5-15(4-13)10-20/h1-2,12-17H,3-11H2,(H,21,22). The molecule has 0 spiro atoms. The number of esters is 1. The largest absolute Gasteiger partial charge is 0.455 e. The minimum Gasteiger partial charge on any atom is -0.455 e. The van der Waals surface area contributed by atoms with Crippen molar-refractivity contribution in [2.45, 2.75) is 56.9 Å². The predicted molar refractivity (Wildman–Crippen MR) is 88.8 cm³/mol. The summed E-state index contributed by atoms with van der Waals surface area (Å²) in [5.74, 6) is 3.02. The summed E-state index contributed by atoms with van der Waals surface area (Å²) in [5.41, 5.74) is 0.00735. The molecule has 0 aliphatic heterocycles. The first-order chi connectivity index (χ1) is 11.6. The van der Waals surface area contributed by atoms with Crippen LogP contribution in [0.2, 0.25) is 0 Å². The van der Waals surface area contributed by atoms with Crippen LogP contribution in [0.1, 0.15) is 51.4 Å². The lowest BCUT2D eigenvalue weighted by molar-refractivity contribution is -0.154. The highest BCUT2D eigenvalue weighted by Gasteiger charge is 2.51. The fraction of sp³-hybridized carbons (Fsp3) is 0.800. The average molecular weight is 329 g/mol. The van der Waals surface area contributed by atoms with Crippen molar-refractivity contribution in [2.24, 2.45) is 35.5 Å². The van der Waals surface area contributed by atoms with Crippen molar-refractivity contribution >= 4 is 11.9 Å². The molecule has 0 aromatic rings. The Balaban J connectivity index is 1.15. The maximum atomic E-state index is 12.4. The first-order valence-electron chi connectivity index (χ1n) is 9.74. The summed E-state index contributed by atoms with van der Waals surface area (Å²) in [6.45, 7) is -0.0990. The van der Waals surface area contributed by atoms with Gasteiger partial charge in [-0.3, -0.25) is 9.59 Å². The van der Waals surface area contributed by atoms with Crippen molar-refractivity contribution in [3.8, 4) is 0 Å². The molecule has 4 nitrogen and oxygen atoms in total. The molecule has 5 fully saturated rings. The molecule has 0 aromatic heterocycles. The van der Waals surface area contributed by atoms with Crippen molar-refractivity contribution in [3.05, 3.63) is 12.2 Å². The van der Waals surface area contributed by atoms with Gasteiger partial charge in [-0.15, -0.1) is 0 Å². The van der Waals surface area contributed by atoms with Crippen LogP contribution < -0.4 is 5.32 Å². The van der Waals surface area contributed by atoms with E-state index in [9.17, 15) is 9.59 Å². The lowest BCUT2D eigenvalue weighted by Gasteiger charge is -2.56. The van der Waals surface area contributed by atoms with Gasteiger partial charge in [-0.1, -0.05) is 12.2 Å². The number of allylic oxidation sites excluding steroid dienone is 2. The Kier molecular flexibility index (Phi) is 3.33. The molecule has 130 valence electrons. The fourth-order valence-electron chi connectivity index (χ4n) is 6.89. The molecule has 5 saturated carbocycles. The molecule has 1 amide bonds. The predicted octanol–water partition coefficient (Wildman–Crippen LogP) is 2.83. The Bertz CT molecular complexity index is 560. The second-order valence-corrected chi connectivity index (χ2v) is 9.24. The minimum absolute atomic E-state index is 0.00735. The number of carbonyl (C=O) groups excluding carboxylic acids is 2. The first-order valence-corrected chi connectivity index (χ1v) is 9.74. The number of nitrogens with one attached hydrogen (secondary N) is 1. The highest BCUT2D eigenvalue weighted by atomic mass is 16.5. The van der Waals surface area contributed by atoms with E-state index in [0.717, 1.165) is 49.9 Å². The number of hydrogen-bond acceptors (Lipinski definition) is 3. The minimum atomic E-state index is -0.174. The van der Waals surface area contributed by atoms with Gasteiger partial charge in [0, 0.05) is 5.54 Å². The highest BCUT2D eigenvalue weighted by Crippen LogP contribution is 2.55. The quantitative estimate of drug-likeness (QED) is 0.637.